The average Bonchev–Trinajstić information content (AvgIpc) is 2.92. The van der Waals surface area contributed by atoms with E-state index in [0.717, 1.165) is 35.6 Å². The van der Waals surface area contributed by atoms with Gasteiger partial charge in [0.15, 0.2) is 0 Å². The second-order valence-corrected chi connectivity index (χ2v) is 13.0. The maximum atomic E-state index is 6.29. The molecule has 0 amide bonds. The lowest BCUT2D eigenvalue weighted by atomic mass is 9.61. The number of likely N-dealkylation sites (tertiary alicyclic amines) is 1. The van der Waals surface area contributed by atoms with Gasteiger partial charge in [-0.3, -0.25) is 0 Å². The first-order chi connectivity index (χ1) is 18.6. The van der Waals surface area contributed by atoms with E-state index in [4.69, 9.17) is 16.3 Å². The Balaban J connectivity index is 1.22. The zero-order chi connectivity index (χ0) is 26.3. The highest BCUT2D eigenvalue weighted by Crippen LogP contribution is 2.51. The largest absolute Gasteiger partial charge is 0.494 e. The van der Waals surface area contributed by atoms with Gasteiger partial charge in [0.25, 0.3) is 0 Å². The van der Waals surface area contributed by atoms with E-state index >= 15 is 0 Å². The van der Waals surface area contributed by atoms with E-state index in [1.54, 1.807) is 5.57 Å². The first-order valence-corrected chi connectivity index (χ1v) is 15.9. The number of hydrogen-bond donors (Lipinski definition) is 0. The molecule has 1 heterocycles. The van der Waals surface area contributed by atoms with Gasteiger partial charge in [0.1, 0.15) is 5.75 Å². The highest BCUT2D eigenvalue weighted by Gasteiger charge is 2.38. The van der Waals surface area contributed by atoms with E-state index in [-0.39, 0.29) is 0 Å². The smallest absolute Gasteiger partial charge is 0.119 e. The van der Waals surface area contributed by atoms with E-state index < -0.39 is 0 Å². The Hall–Kier alpha value is -1.77. The summed E-state index contributed by atoms with van der Waals surface area (Å²) < 4.78 is 6.16. The molecule has 2 aromatic rings. The summed E-state index contributed by atoms with van der Waals surface area (Å²) in [5, 5.41) is 0.802. The van der Waals surface area contributed by atoms with Crippen molar-refractivity contribution >= 4 is 17.2 Å². The molecule has 3 heteroatoms. The van der Waals surface area contributed by atoms with Crippen molar-refractivity contribution in [3.8, 4) is 5.75 Å². The molecule has 3 fully saturated rings. The predicted molar refractivity (Wildman–Crippen MR) is 162 cm³/mol. The number of hydrogen-bond acceptors (Lipinski definition) is 2. The molecule has 0 spiro atoms. The normalized spacial score (nSPS) is 27.2. The number of piperidine rings is 1. The van der Waals surface area contributed by atoms with Crippen molar-refractivity contribution in [3.63, 3.8) is 0 Å². The summed E-state index contributed by atoms with van der Waals surface area (Å²) in [5.41, 5.74) is 5.72. The first kappa shape index (κ1) is 27.8. The molecule has 1 saturated heterocycles. The summed E-state index contributed by atoms with van der Waals surface area (Å²) in [6.45, 7) is 9.64. The molecule has 4 atom stereocenters. The highest BCUT2D eigenvalue weighted by atomic mass is 35.5. The molecule has 2 nitrogen and oxygen atoms in total. The fourth-order valence-electron chi connectivity index (χ4n) is 7.67. The van der Waals surface area contributed by atoms with E-state index in [9.17, 15) is 0 Å². The molecule has 5 rings (SSSR count). The minimum Gasteiger partial charge on any atom is -0.494 e. The number of rotatable bonds is 10. The molecule has 0 aromatic heterocycles. The summed E-state index contributed by atoms with van der Waals surface area (Å²) in [5.74, 6) is 4.04. The number of ether oxygens (including phenoxy) is 1. The van der Waals surface area contributed by atoms with E-state index in [2.05, 4.69) is 55.1 Å². The Morgan fingerprint density at radius 3 is 2.21 bits per heavy atom. The van der Waals surface area contributed by atoms with E-state index in [1.807, 2.05) is 12.1 Å². The Kier molecular flexibility index (Phi) is 9.89. The molecular formula is C35H48ClNO. The van der Waals surface area contributed by atoms with E-state index in [1.165, 1.54) is 101 Å². The van der Waals surface area contributed by atoms with Crippen LogP contribution in [-0.4, -0.2) is 31.1 Å². The molecule has 2 saturated carbocycles. The van der Waals surface area contributed by atoms with Gasteiger partial charge >= 0.3 is 0 Å². The summed E-state index contributed by atoms with van der Waals surface area (Å²) in [4.78, 5) is 2.65. The van der Waals surface area contributed by atoms with Crippen LogP contribution in [0.5, 0.6) is 5.75 Å². The van der Waals surface area contributed by atoms with Gasteiger partial charge in [-0.15, -0.1) is 0 Å². The van der Waals surface area contributed by atoms with Crippen molar-refractivity contribution in [2.24, 2.45) is 23.7 Å². The van der Waals surface area contributed by atoms with Crippen LogP contribution in [0.4, 0.5) is 0 Å². The zero-order valence-corrected chi connectivity index (χ0v) is 24.5. The van der Waals surface area contributed by atoms with Crippen LogP contribution in [0.1, 0.15) is 95.6 Å². The Labute approximate surface area is 236 Å². The van der Waals surface area contributed by atoms with E-state index in [0.29, 0.717) is 11.8 Å². The lowest BCUT2D eigenvalue weighted by Gasteiger charge is -2.44. The van der Waals surface area contributed by atoms with Crippen LogP contribution in [0.3, 0.4) is 0 Å². The lowest BCUT2D eigenvalue weighted by Crippen LogP contribution is -2.32. The van der Waals surface area contributed by atoms with Crippen LogP contribution >= 0.6 is 11.6 Å². The maximum Gasteiger partial charge on any atom is 0.119 e. The third-order valence-corrected chi connectivity index (χ3v) is 9.60. The molecule has 38 heavy (non-hydrogen) atoms. The number of halogens is 1. The number of benzene rings is 2. The third-order valence-electron chi connectivity index (χ3n) is 9.35. The lowest BCUT2D eigenvalue weighted by molar-refractivity contribution is 0.163. The zero-order valence-electron chi connectivity index (χ0n) is 23.8. The highest BCUT2D eigenvalue weighted by molar-refractivity contribution is 6.30. The van der Waals surface area contributed by atoms with Gasteiger partial charge in [-0.1, -0.05) is 74.5 Å². The van der Waals surface area contributed by atoms with Crippen molar-refractivity contribution in [1.82, 2.24) is 4.90 Å². The molecule has 2 bridgehead atoms. The summed E-state index contributed by atoms with van der Waals surface area (Å²) in [6.07, 6.45) is 14.7. The summed E-state index contributed by atoms with van der Waals surface area (Å²) in [6, 6.07) is 17.5. The number of allylic oxidation sites excluding steroid dienone is 1. The Morgan fingerprint density at radius 2 is 1.47 bits per heavy atom. The fourth-order valence-corrected chi connectivity index (χ4v) is 7.80. The van der Waals surface area contributed by atoms with Crippen LogP contribution in [0.25, 0.3) is 5.57 Å². The van der Waals surface area contributed by atoms with Crippen molar-refractivity contribution < 1.29 is 4.74 Å². The molecule has 206 valence electrons. The minimum absolute atomic E-state index is 0.628. The first-order valence-electron chi connectivity index (χ1n) is 15.5. The van der Waals surface area contributed by atoms with Gasteiger partial charge in [-0.2, -0.15) is 0 Å². The quantitative estimate of drug-likeness (QED) is 0.282. The third kappa shape index (κ3) is 7.24. The SMILES string of the molecule is CC1C[C@@H]2C[C@H](C)C[C@H](C2)/C1=C(\c1ccc(Cl)cc1)c1ccc(OCCCCCCN2CCCCC2)cc1. The van der Waals surface area contributed by atoms with Crippen molar-refractivity contribution in [3.05, 3.63) is 70.3 Å². The Bertz CT molecular complexity index is 1030. The minimum atomic E-state index is 0.628. The molecule has 0 radical (unpaired) electrons. The number of unbranched alkanes of at least 4 members (excludes halogenated alkanes) is 3. The van der Waals surface area contributed by atoms with Crippen LogP contribution in [0.15, 0.2) is 54.1 Å². The van der Waals surface area contributed by atoms with Gasteiger partial charge in [0.2, 0.25) is 0 Å². The molecule has 2 aliphatic carbocycles. The summed E-state index contributed by atoms with van der Waals surface area (Å²) in [7, 11) is 0. The van der Waals surface area contributed by atoms with Crippen LogP contribution < -0.4 is 4.74 Å². The van der Waals surface area contributed by atoms with Gasteiger partial charge < -0.3 is 9.64 Å². The van der Waals surface area contributed by atoms with Crippen LogP contribution in [0.2, 0.25) is 5.02 Å². The molecule has 2 aromatic carbocycles. The van der Waals surface area contributed by atoms with Crippen LogP contribution in [-0.2, 0) is 0 Å². The average molecular weight is 534 g/mol. The predicted octanol–water partition coefficient (Wildman–Crippen LogP) is 9.66. The molecular weight excluding hydrogens is 486 g/mol. The van der Waals surface area contributed by atoms with Crippen molar-refractivity contribution in [2.75, 3.05) is 26.2 Å². The second kappa shape index (κ2) is 13.5. The Morgan fingerprint density at radius 1 is 0.789 bits per heavy atom. The van der Waals surface area contributed by atoms with Gasteiger partial charge in [0.05, 0.1) is 6.61 Å². The molecule has 1 aliphatic heterocycles. The standard InChI is InChI=1S/C35H48ClNO/c1-26-22-28-24-27(2)34(31(23-26)25-28)35(29-10-14-32(36)15-11-29)30-12-16-33(17-13-30)38-21-9-4-3-6-18-37-19-7-5-8-20-37/h10-17,26-28,31H,3-9,18-25H2,1-2H3/b35-34+/t26-,27?,28-,31+/m0/s1. The topological polar surface area (TPSA) is 12.5 Å². The van der Waals surface area contributed by atoms with Crippen LogP contribution in [0, 0.1) is 23.7 Å². The van der Waals surface area contributed by atoms with Crippen molar-refractivity contribution in [2.45, 2.75) is 84.5 Å². The number of nitrogens with zero attached hydrogens (tertiary/aromatic N) is 1. The maximum absolute atomic E-state index is 6.29. The van der Waals surface area contributed by atoms with Crippen molar-refractivity contribution in [1.29, 1.82) is 0 Å². The monoisotopic (exact) mass is 533 g/mol. The molecule has 0 N–H and O–H groups in total. The van der Waals surface area contributed by atoms with Gasteiger partial charge in [-0.05, 0) is 136 Å². The van der Waals surface area contributed by atoms with Gasteiger partial charge in [0, 0.05) is 5.02 Å². The number of fused-ring (bicyclic) bond motifs is 2. The second-order valence-electron chi connectivity index (χ2n) is 12.5. The van der Waals surface area contributed by atoms with Gasteiger partial charge in [-0.25, -0.2) is 0 Å². The molecule has 3 aliphatic rings. The summed E-state index contributed by atoms with van der Waals surface area (Å²) >= 11 is 6.29. The molecule has 1 unspecified atom stereocenters. The fraction of sp³-hybridized carbons (Fsp3) is 0.600.